The molecule has 0 fully saturated rings. The molecular weight excluding hydrogens is 276 g/mol. The molecule has 1 aliphatic rings. The highest BCUT2D eigenvalue weighted by molar-refractivity contribution is 6.08. The van der Waals surface area contributed by atoms with Crippen LogP contribution in [0.1, 0.15) is 45.7 Å². The predicted molar refractivity (Wildman–Crippen MR) is 73.9 cm³/mol. The normalized spacial score (nSPS) is 12.5. The van der Waals surface area contributed by atoms with Gasteiger partial charge < -0.3 is 19.3 Å². The molecule has 1 aliphatic heterocycles. The number of rotatable bonds is 4. The first-order valence-corrected chi connectivity index (χ1v) is 6.32. The van der Waals surface area contributed by atoms with E-state index in [1.54, 1.807) is 6.92 Å². The van der Waals surface area contributed by atoms with Gasteiger partial charge in [0.1, 0.15) is 23.7 Å². The van der Waals surface area contributed by atoms with E-state index in [0.29, 0.717) is 16.9 Å². The Bertz CT molecular complexity index is 653. The summed E-state index contributed by atoms with van der Waals surface area (Å²) in [6.07, 6.45) is 1.53. The lowest BCUT2D eigenvalue weighted by atomic mass is 9.96. The minimum absolute atomic E-state index is 0.00195. The van der Waals surface area contributed by atoms with Crippen LogP contribution in [0, 0.1) is 6.92 Å². The van der Waals surface area contributed by atoms with Gasteiger partial charge in [-0.25, -0.2) is 9.59 Å². The van der Waals surface area contributed by atoms with Gasteiger partial charge in [0.05, 0.1) is 18.9 Å². The van der Waals surface area contributed by atoms with Crippen LogP contribution in [0.5, 0.6) is 11.5 Å². The molecular formula is C15H16O6. The van der Waals surface area contributed by atoms with Crippen molar-refractivity contribution in [2.45, 2.75) is 27.4 Å². The lowest BCUT2D eigenvalue weighted by Crippen LogP contribution is -2.11. The second-order valence-electron chi connectivity index (χ2n) is 4.91. The van der Waals surface area contributed by atoms with Crippen LogP contribution in [0.2, 0.25) is 0 Å². The molecule has 0 radical (unpaired) electrons. The molecule has 1 aromatic carbocycles. The summed E-state index contributed by atoms with van der Waals surface area (Å²) in [5.74, 6) is -1.40. The molecule has 2 rings (SSSR count). The van der Waals surface area contributed by atoms with E-state index in [0.717, 1.165) is 5.57 Å². The van der Waals surface area contributed by atoms with E-state index in [2.05, 4.69) is 0 Å². The van der Waals surface area contributed by atoms with E-state index < -0.39 is 11.9 Å². The zero-order valence-corrected chi connectivity index (χ0v) is 12.3. The number of hydrogen-bond acceptors (Lipinski definition) is 5. The molecule has 21 heavy (non-hydrogen) atoms. The summed E-state index contributed by atoms with van der Waals surface area (Å²) in [6.45, 7) is 5.40. The van der Waals surface area contributed by atoms with E-state index in [1.165, 1.54) is 13.4 Å². The van der Waals surface area contributed by atoms with Gasteiger partial charge in [-0.15, -0.1) is 0 Å². The SMILES string of the molecule is COc1c(C)c(OC=C(C)C)c2c(c1C(=O)O)C(=O)OC2. The molecule has 0 bridgehead atoms. The summed E-state index contributed by atoms with van der Waals surface area (Å²) < 4.78 is 15.7. The molecule has 1 aromatic rings. The number of allylic oxidation sites excluding steroid dienone is 1. The summed E-state index contributed by atoms with van der Waals surface area (Å²) in [6, 6.07) is 0. The molecule has 0 saturated carbocycles. The van der Waals surface area contributed by atoms with E-state index in [4.69, 9.17) is 14.2 Å². The van der Waals surface area contributed by atoms with Crippen molar-refractivity contribution in [1.82, 2.24) is 0 Å². The van der Waals surface area contributed by atoms with Gasteiger partial charge in [0, 0.05) is 11.1 Å². The average molecular weight is 292 g/mol. The predicted octanol–water partition coefficient (Wildman–Crippen LogP) is 2.67. The van der Waals surface area contributed by atoms with Gasteiger partial charge >= 0.3 is 11.9 Å². The van der Waals surface area contributed by atoms with Crippen molar-refractivity contribution in [3.63, 3.8) is 0 Å². The lowest BCUT2D eigenvalue weighted by Gasteiger charge is -2.16. The molecule has 6 heteroatoms. The molecule has 0 amide bonds. The Morgan fingerprint density at radius 2 is 2.00 bits per heavy atom. The molecule has 1 N–H and O–H groups in total. The number of carbonyl (C=O) groups excluding carboxylic acids is 1. The van der Waals surface area contributed by atoms with Crippen LogP contribution in [0.15, 0.2) is 11.8 Å². The number of carboxylic acid groups (broad SMARTS) is 1. The average Bonchev–Trinajstić information content (AvgIpc) is 2.77. The Morgan fingerprint density at radius 3 is 2.52 bits per heavy atom. The van der Waals surface area contributed by atoms with Crippen molar-refractivity contribution >= 4 is 11.9 Å². The minimum Gasteiger partial charge on any atom is -0.495 e. The minimum atomic E-state index is -1.24. The number of carboxylic acids is 1. The van der Waals surface area contributed by atoms with Crippen molar-refractivity contribution in [2.75, 3.05) is 7.11 Å². The van der Waals surface area contributed by atoms with Crippen molar-refractivity contribution in [2.24, 2.45) is 0 Å². The first kappa shape index (κ1) is 14.9. The Labute approximate surface area is 121 Å². The Morgan fingerprint density at radius 1 is 1.33 bits per heavy atom. The zero-order valence-electron chi connectivity index (χ0n) is 12.3. The fourth-order valence-corrected chi connectivity index (χ4v) is 2.26. The molecule has 0 saturated heterocycles. The quantitative estimate of drug-likeness (QED) is 0.678. The number of fused-ring (bicyclic) bond motifs is 1. The highest BCUT2D eigenvalue weighted by Gasteiger charge is 2.36. The fraction of sp³-hybridized carbons (Fsp3) is 0.333. The largest absolute Gasteiger partial charge is 0.495 e. The van der Waals surface area contributed by atoms with Crippen molar-refractivity contribution < 1.29 is 28.9 Å². The van der Waals surface area contributed by atoms with Crippen LogP contribution in [-0.4, -0.2) is 24.2 Å². The van der Waals surface area contributed by atoms with Gasteiger partial charge in [0.25, 0.3) is 0 Å². The highest BCUT2D eigenvalue weighted by atomic mass is 16.5. The molecule has 0 spiro atoms. The van der Waals surface area contributed by atoms with Crippen molar-refractivity contribution in [3.8, 4) is 11.5 Å². The summed E-state index contributed by atoms with van der Waals surface area (Å²) >= 11 is 0. The van der Waals surface area contributed by atoms with Crippen LogP contribution in [0.4, 0.5) is 0 Å². The Kier molecular flexibility index (Phi) is 3.88. The smallest absolute Gasteiger partial charge is 0.340 e. The van der Waals surface area contributed by atoms with Gasteiger partial charge in [0.15, 0.2) is 0 Å². The third kappa shape index (κ3) is 2.44. The number of cyclic esters (lactones) is 1. The maximum Gasteiger partial charge on any atom is 0.340 e. The number of carbonyl (C=O) groups is 2. The highest BCUT2D eigenvalue weighted by Crippen LogP contribution is 2.42. The number of benzene rings is 1. The van der Waals surface area contributed by atoms with Gasteiger partial charge in [0.2, 0.25) is 0 Å². The van der Waals surface area contributed by atoms with Crippen LogP contribution in [0.3, 0.4) is 0 Å². The molecule has 1 heterocycles. The summed E-state index contributed by atoms with van der Waals surface area (Å²) in [5.41, 5.74) is 1.70. The number of esters is 1. The first-order valence-electron chi connectivity index (χ1n) is 6.32. The standard InChI is InChI=1S/C15H16O6/c1-7(2)5-20-12-8(3)13(19-4)11(14(16)17)10-9(12)6-21-15(10)18/h5H,6H2,1-4H3,(H,16,17). The lowest BCUT2D eigenvalue weighted by molar-refractivity contribution is 0.0525. The number of aromatic carboxylic acids is 1. The topological polar surface area (TPSA) is 82.1 Å². The second-order valence-corrected chi connectivity index (χ2v) is 4.91. The Balaban J connectivity index is 2.77. The molecule has 6 nitrogen and oxygen atoms in total. The number of methoxy groups -OCH3 is 1. The third-order valence-electron chi connectivity index (χ3n) is 3.12. The second kappa shape index (κ2) is 5.47. The van der Waals surface area contributed by atoms with Gasteiger partial charge in [-0.05, 0) is 26.3 Å². The van der Waals surface area contributed by atoms with Crippen molar-refractivity contribution in [3.05, 3.63) is 34.1 Å². The van der Waals surface area contributed by atoms with Gasteiger partial charge in [-0.1, -0.05) is 0 Å². The van der Waals surface area contributed by atoms with Crippen molar-refractivity contribution in [1.29, 1.82) is 0 Å². The Hall–Kier alpha value is -2.50. The maximum absolute atomic E-state index is 11.8. The van der Waals surface area contributed by atoms with Crippen LogP contribution < -0.4 is 9.47 Å². The van der Waals surface area contributed by atoms with E-state index in [-0.39, 0.29) is 23.5 Å². The fourth-order valence-electron chi connectivity index (χ4n) is 2.26. The monoisotopic (exact) mass is 292 g/mol. The van der Waals surface area contributed by atoms with Crippen LogP contribution >= 0.6 is 0 Å². The third-order valence-corrected chi connectivity index (χ3v) is 3.12. The molecule has 0 unspecified atom stereocenters. The molecule has 0 aliphatic carbocycles. The maximum atomic E-state index is 11.8. The number of ether oxygens (including phenoxy) is 3. The van der Waals surface area contributed by atoms with Crippen LogP contribution in [-0.2, 0) is 11.3 Å². The summed E-state index contributed by atoms with van der Waals surface area (Å²) in [7, 11) is 1.35. The van der Waals surface area contributed by atoms with E-state index in [1.807, 2.05) is 13.8 Å². The van der Waals surface area contributed by atoms with E-state index >= 15 is 0 Å². The molecule has 0 atom stereocenters. The molecule has 0 aromatic heterocycles. The molecule has 112 valence electrons. The van der Waals surface area contributed by atoms with Gasteiger partial charge in [-0.3, -0.25) is 0 Å². The van der Waals surface area contributed by atoms with E-state index in [9.17, 15) is 14.7 Å². The summed E-state index contributed by atoms with van der Waals surface area (Å²) in [4.78, 5) is 23.3. The zero-order chi connectivity index (χ0) is 15.7. The summed E-state index contributed by atoms with van der Waals surface area (Å²) in [5, 5.41) is 9.37. The number of hydrogen-bond donors (Lipinski definition) is 1. The first-order chi connectivity index (χ1) is 9.88. The van der Waals surface area contributed by atoms with Crippen LogP contribution in [0.25, 0.3) is 0 Å². The van der Waals surface area contributed by atoms with Gasteiger partial charge in [-0.2, -0.15) is 0 Å².